The molecule has 41 heavy (non-hydrogen) atoms. The zero-order valence-corrected chi connectivity index (χ0v) is 23.8. The lowest BCUT2D eigenvalue weighted by atomic mass is 9.88. The predicted molar refractivity (Wildman–Crippen MR) is 151 cm³/mol. The van der Waals surface area contributed by atoms with E-state index in [0.29, 0.717) is 33.6 Å². The third-order valence-corrected chi connectivity index (χ3v) is 6.15. The molecule has 2 N–H and O–H groups in total. The summed E-state index contributed by atoms with van der Waals surface area (Å²) in [4.78, 5) is 51.7. The topological polar surface area (TPSA) is 140 Å². The van der Waals surface area contributed by atoms with Crippen molar-refractivity contribution in [3.63, 3.8) is 0 Å². The van der Waals surface area contributed by atoms with Gasteiger partial charge in [0.15, 0.2) is 0 Å². The van der Waals surface area contributed by atoms with Crippen molar-refractivity contribution < 1.29 is 43.3 Å². The van der Waals surface area contributed by atoms with E-state index in [9.17, 15) is 33.8 Å². The summed E-state index contributed by atoms with van der Waals surface area (Å²) >= 11 is 0. The van der Waals surface area contributed by atoms with Crippen LogP contribution in [0, 0.1) is 12.7 Å². The van der Waals surface area contributed by atoms with Crippen LogP contribution >= 0.6 is 0 Å². The molecule has 1 aromatic heterocycles. The first-order valence-electron chi connectivity index (χ1n) is 13.1. The minimum Gasteiger partial charge on any atom is -0.469 e. The van der Waals surface area contributed by atoms with E-state index >= 15 is 0 Å². The fourth-order valence-corrected chi connectivity index (χ4v) is 4.12. The molecule has 0 aliphatic carbocycles. The van der Waals surface area contributed by atoms with Crippen LogP contribution < -0.4 is 0 Å². The van der Waals surface area contributed by atoms with Crippen molar-refractivity contribution in [3.05, 3.63) is 64.7 Å². The van der Waals surface area contributed by atoms with Crippen LogP contribution in [0.5, 0.6) is 0 Å². The van der Waals surface area contributed by atoms with Crippen molar-refractivity contribution in [2.24, 2.45) is 0 Å². The van der Waals surface area contributed by atoms with Gasteiger partial charge in [0.2, 0.25) is 0 Å². The fraction of sp³-hybridized carbons (Fsp3) is 0.387. The van der Waals surface area contributed by atoms with Crippen LogP contribution in [0.4, 0.5) is 4.39 Å². The number of esters is 2. The van der Waals surface area contributed by atoms with Gasteiger partial charge in [0.1, 0.15) is 30.2 Å². The van der Waals surface area contributed by atoms with Gasteiger partial charge in [-0.3, -0.25) is 24.2 Å². The average molecular weight is 570 g/mol. The molecule has 1 heterocycles. The number of aryl methyl sites for hydroxylation is 1. The fourth-order valence-electron chi connectivity index (χ4n) is 4.12. The number of hydrogen-bond acceptors (Lipinski definition) is 9. The van der Waals surface area contributed by atoms with Crippen molar-refractivity contribution in [3.8, 4) is 11.1 Å². The summed E-state index contributed by atoms with van der Waals surface area (Å²) in [6.45, 7) is 5.66. The average Bonchev–Trinajstić information content (AvgIpc) is 2.91. The van der Waals surface area contributed by atoms with Crippen LogP contribution in [-0.2, 0) is 28.7 Å². The highest BCUT2D eigenvalue weighted by Gasteiger charge is 2.20. The summed E-state index contributed by atoms with van der Waals surface area (Å²) in [5.74, 6) is -2.86. The van der Waals surface area contributed by atoms with E-state index in [1.807, 2.05) is 13.8 Å². The number of carbonyl (C=O) groups excluding carboxylic acids is 4. The number of aliphatic hydroxyl groups is 2. The highest BCUT2D eigenvalue weighted by Crippen LogP contribution is 2.36. The van der Waals surface area contributed by atoms with Crippen molar-refractivity contribution in [1.82, 2.24) is 4.98 Å². The number of nitrogens with zero attached hydrogens (tertiary/aromatic N) is 1. The van der Waals surface area contributed by atoms with E-state index < -0.39 is 54.4 Å². The maximum atomic E-state index is 13.8. The second-order valence-corrected chi connectivity index (χ2v) is 9.79. The number of benzene rings is 1. The number of pyridine rings is 1. The first-order valence-corrected chi connectivity index (χ1v) is 13.1. The zero-order chi connectivity index (χ0) is 30.7. The van der Waals surface area contributed by atoms with Crippen LogP contribution in [0.15, 0.2) is 36.4 Å². The second kappa shape index (κ2) is 15.7. The summed E-state index contributed by atoms with van der Waals surface area (Å²) in [6.07, 6.45) is 2.17. The van der Waals surface area contributed by atoms with E-state index in [4.69, 9.17) is 4.98 Å². The molecule has 0 radical (unpaired) electrons. The molecule has 2 aromatic rings. The second-order valence-electron chi connectivity index (χ2n) is 9.79. The van der Waals surface area contributed by atoms with Gasteiger partial charge in [-0.15, -0.1) is 0 Å². The van der Waals surface area contributed by atoms with Gasteiger partial charge >= 0.3 is 11.9 Å². The number of Topliss-reactive ketones (excluding diaryl/α,β-unsaturated/α-hetero) is 2. The summed E-state index contributed by atoms with van der Waals surface area (Å²) in [5.41, 5.74) is 3.73. The van der Waals surface area contributed by atoms with E-state index in [1.165, 1.54) is 38.5 Å². The number of aliphatic hydroxyl groups excluding tert-OH is 2. The number of ketones is 2. The molecule has 1 aromatic carbocycles. The Hall–Kier alpha value is -4.02. The lowest BCUT2D eigenvalue weighted by Gasteiger charge is -2.20. The molecule has 0 fully saturated rings. The van der Waals surface area contributed by atoms with E-state index in [0.717, 1.165) is 0 Å². The third-order valence-electron chi connectivity index (χ3n) is 6.15. The molecule has 2 atom stereocenters. The number of hydrogen-bond donors (Lipinski definition) is 2. The van der Waals surface area contributed by atoms with Crippen LogP contribution in [0.3, 0.4) is 0 Å². The molecular weight excluding hydrogens is 533 g/mol. The van der Waals surface area contributed by atoms with Crippen molar-refractivity contribution in [1.29, 1.82) is 0 Å². The first kappa shape index (κ1) is 33.2. The third kappa shape index (κ3) is 10.1. The Morgan fingerprint density at radius 3 is 1.76 bits per heavy atom. The number of ether oxygens (including phenoxy) is 2. The molecule has 0 aliphatic heterocycles. The van der Waals surface area contributed by atoms with Gasteiger partial charge < -0.3 is 19.7 Å². The zero-order valence-electron chi connectivity index (χ0n) is 23.8. The molecule has 220 valence electrons. The molecule has 0 aliphatic rings. The molecule has 0 bridgehead atoms. The number of aromatic nitrogens is 1. The molecule has 9 nitrogen and oxygen atoms in total. The van der Waals surface area contributed by atoms with Crippen molar-refractivity contribution in [2.45, 2.75) is 64.6 Å². The Bertz CT molecular complexity index is 1310. The Morgan fingerprint density at radius 1 is 0.854 bits per heavy atom. The molecule has 0 saturated heterocycles. The van der Waals surface area contributed by atoms with Gasteiger partial charge in [-0.2, -0.15) is 0 Å². The largest absolute Gasteiger partial charge is 0.469 e. The van der Waals surface area contributed by atoms with Gasteiger partial charge in [0.05, 0.1) is 32.1 Å². The Labute approximate surface area is 238 Å². The molecule has 2 unspecified atom stereocenters. The minimum absolute atomic E-state index is 0.0646. The molecule has 0 saturated carbocycles. The molecule has 10 heteroatoms. The number of rotatable bonds is 14. The van der Waals surface area contributed by atoms with E-state index in [2.05, 4.69) is 9.47 Å². The highest BCUT2D eigenvalue weighted by atomic mass is 19.1. The standard InChI is InChI=1S/C31H36FNO8/c1-18(2)31-27(13-11-23(35)15-25(37)17-29(39)41-5)30(20-6-8-21(32)9-7-20)26(19(3)33-31)12-10-22(34)14-24(36)16-28(38)40-4/h6-13,18,22-23,34-35H,14-17H2,1-5H3. The van der Waals surface area contributed by atoms with Gasteiger partial charge in [0.25, 0.3) is 0 Å². The monoisotopic (exact) mass is 569 g/mol. The van der Waals surface area contributed by atoms with Gasteiger partial charge in [-0.05, 0) is 36.1 Å². The summed E-state index contributed by atoms with van der Waals surface area (Å²) < 4.78 is 22.8. The number of carbonyl (C=O) groups is 4. The minimum atomic E-state index is -1.20. The molecule has 2 rings (SSSR count). The maximum Gasteiger partial charge on any atom is 0.313 e. The Kier molecular flexibility index (Phi) is 12.7. The Morgan fingerprint density at radius 2 is 1.32 bits per heavy atom. The van der Waals surface area contributed by atoms with E-state index in [-0.39, 0.29) is 18.8 Å². The lowest BCUT2D eigenvalue weighted by Crippen LogP contribution is -2.15. The smallest absolute Gasteiger partial charge is 0.313 e. The normalized spacial score (nSPS) is 13.0. The van der Waals surface area contributed by atoms with Gasteiger partial charge in [-0.25, -0.2) is 4.39 Å². The van der Waals surface area contributed by atoms with Crippen LogP contribution in [0.25, 0.3) is 23.3 Å². The predicted octanol–water partition coefficient (Wildman–Crippen LogP) is 4.11. The molecule has 0 spiro atoms. The lowest BCUT2D eigenvalue weighted by molar-refractivity contribution is -0.145. The maximum absolute atomic E-state index is 13.8. The van der Waals surface area contributed by atoms with Crippen LogP contribution in [0.2, 0.25) is 0 Å². The van der Waals surface area contributed by atoms with E-state index in [1.54, 1.807) is 31.2 Å². The van der Waals surface area contributed by atoms with Crippen molar-refractivity contribution >= 4 is 35.7 Å². The summed E-state index contributed by atoms with van der Waals surface area (Å²) in [5, 5.41) is 21.0. The SMILES string of the molecule is COC(=O)CC(=O)CC(O)C=Cc1c(C)nc(C(C)C)c(C=CC(O)CC(=O)CC(=O)OC)c1-c1ccc(F)cc1. The molecular formula is C31H36FNO8. The number of halogens is 1. The highest BCUT2D eigenvalue weighted by molar-refractivity contribution is 5.96. The van der Waals surface area contributed by atoms with Crippen molar-refractivity contribution in [2.75, 3.05) is 14.2 Å². The van der Waals surface area contributed by atoms with Gasteiger partial charge in [0, 0.05) is 29.7 Å². The van der Waals surface area contributed by atoms with Gasteiger partial charge in [-0.1, -0.05) is 50.3 Å². The quantitative estimate of drug-likeness (QED) is 0.254. The first-order chi connectivity index (χ1) is 19.4. The summed E-state index contributed by atoms with van der Waals surface area (Å²) in [7, 11) is 2.34. The van der Waals surface area contributed by atoms with Crippen LogP contribution in [0.1, 0.15) is 68.0 Å². The summed E-state index contributed by atoms with van der Waals surface area (Å²) in [6, 6.07) is 5.80. The molecule has 0 amide bonds. The Balaban J connectivity index is 2.57. The number of methoxy groups -OCH3 is 2. The van der Waals surface area contributed by atoms with Crippen LogP contribution in [-0.4, -0.2) is 65.1 Å².